The molecule has 0 aromatic carbocycles. The molecule has 0 heterocycles. The molecule has 0 aliphatic carbocycles. The molecule has 0 saturated carbocycles. The van der Waals surface area contributed by atoms with Gasteiger partial charge in [-0.3, -0.25) is 0 Å². The molecule has 0 amide bonds. The summed E-state index contributed by atoms with van der Waals surface area (Å²) < 4.78 is 119. The fourth-order valence-electron chi connectivity index (χ4n) is 0. The van der Waals surface area contributed by atoms with Gasteiger partial charge in [-0.05, 0) is 0 Å². The van der Waals surface area contributed by atoms with E-state index in [0.29, 0.717) is 0 Å². The molecule has 0 aliphatic heterocycles. The molecule has 0 bridgehead atoms. The molecule has 22 heavy (non-hydrogen) atoms. The van der Waals surface area contributed by atoms with Crippen molar-refractivity contribution in [3.63, 3.8) is 0 Å². The van der Waals surface area contributed by atoms with E-state index in [1.807, 2.05) is 0 Å². The van der Waals surface area contributed by atoms with Gasteiger partial charge in [0, 0.05) is 0 Å². The normalized spacial score (nSPS) is 9.09. The second-order valence-electron chi connectivity index (χ2n) is 1.53. The van der Waals surface area contributed by atoms with Crippen LogP contribution in [-0.4, -0.2) is 136 Å². The molecular formula is H15Bi2KMn3O15Ti. The Balaban J connectivity index is -0.0000000262. The maximum atomic E-state index is 8.81. The predicted octanol–water partition coefficient (Wildman–Crippen LogP) is -8.31. The fraction of sp³-hybridized carbons (Fsp3) is 0. The summed E-state index contributed by atoms with van der Waals surface area (Å²) in [5, 5.41) is 0. The van der Waals surface area contributed by atoms with Gasteiger partial charge in [0.2, 0.25) is 0 Å². The van der Waals surface area contributed by atoms with Gasteiger partial charge in [0.1, 0.15) is 0 Å². The summed E-state index contributed by atoms with van der Waals surface area (Å²) in [6.45, 7) is 0. The van der Waals surface area contributed by atoms with Gasteiger partial charge in [0.15, 0.2) is 0 Å². The second-order valence-corrected chi connectivity index (χ2v) is 6.29. The molecular weight excluding hydrogens is 910 g/mol. The molecule has 0 aromatic heterocycles. The first-order chi connectivity index (χ1) is 7.73. The van der Waals surface area contributed by atoms with Crippen molar-refractivity contribution in [1.29, 1.82) is 0 Å². The number of hydrogen-bond donors (Lipinski definition) is 8. The van der Waals surface area contributed by atoms with E-state index in [-0.39, 0.29) is 104 Å². The molecule has 15 nitrogen and oxygen atoms in total. The van der Waals surface area contributed by atoms with Gasteiger partial charge in [-0.15, -0.1) is 0 Å². The van der Waals surface area contributed by atoms with E-state index < -0.39 is 58.7 Å². The van der Waals surface area contributed by atoms with Gasteiger partial charge in [0.25, 0.3) is 0 Å². The van der Waals surface area contributed by atoms with Crippen LogP contribution in [0.25, 0.3) is 0 Å². The first-order valence-corrected chi connectivity index (χ1v) is 10.7. The summed E-state index contributed by atoms with van der Waals surface area (Å²) in [6, 6.07) is 0. The summed E-state index contributed by atoms with van der Waals surface area (Å²) in [5.41, 5.74) is 0. The third-order valence-electron chi connectivity index (χ3n) is 0. The van der Waals surface area contributed by atoms with Crippen molar-refractivity contribution in [2.75, 3.05) is 0 Å². The topological polar surface area (TPSA) is 281 Å². The Bertz CT molecular complexity index is 430. The van der Waals surface area contributed by atoms with E-state index in [9.17, 15) is 0 Å². The molecule has 22 heteroatoms. The van der Waals surface area contributed by atoms with Gasteiger partial charge in [-0.2, -0.15) is 0 Å². The Labute approximate surface area is 216 Å². The van der Waals surface area contributed by atoms with Crippen LogP contribution in [0.3, 0.4) is 0 Å². The maximum absolute atomic E-state index is 8.81. The van der Waals surface area contributed by atoms with Crippen molar-refractivity contribution >= 4 is 104 Å². The fourth-order valence-corrected chi connectivity index (χ4v) is 0. The molecule has 0 radical (unpaired) electrons. The van der Waals surface area contributed by atoms with Crippen LogP contribution in [0.2, 0.25) is 0 Å². The van der Waals surface area contributed by atoms with E-state index in [2.05, 4.69) is 0 Å². The van der Waals surface area contributed by atoms with Crippen LogP contribution in [0.15, 0.2) is 0 Å². The molecule has 141 valence electrons. The minimum absolute atomic E-state index is 0. The third kappa shape index (κ3) is 807. The van der Waals surface area contributed by atoms with Gasteiger partial charge < -0.3 is 0 Å². The van der Waals surface area contributed by atoms with E-state index in [0.717, 1.165) is 0 Å². The standard InChI is InChI=1S/2Bi.K.3Mn.8H2O.7O.Ti.7H/h;;;;;;8*1H2;;;;;;;;;;;;;;;/q;;;3*+2;;;;;;;;;;;;;;;;+2;;;;;;;/p-8. The van der Waals surface area contributed by atoms with Crippen molar-refractivity contribution in [2.24, 2.45) is 0 Å². The van der Waals surface area contributed by atoms with Gasteiger partial charge in [-0.1, -0.05) is 0 Å². The Morgan fingerprint density at radius 2 is 0.545 bits per heavy atom. The van der Waals surface area contributed by atoms with Crippen molar-refractivity contribution in [2.45, 2.75) is 0 Å². The molecule has 8 N–H and O–H groups in total. The average Bonchev–Trinajstić information content (AvgIpc) is 1.66. The zero-order valence-electron chi connectivity index (χ0n) is 9.48. The summed E-state index contributed by atoms with van der Waals surface area (Å²) in [6.07, 6.45) is 0. The summed E-state index contributed by atoms with van der Waals surface area (Å²) in [7, 11) is 0. The third-order valence-corrected chi connectivity index (χ3v) is 0. The predicted molar refractivity (Wildman–Crippen MR) is 49.6 cm³/mol. The zero-order valence-corrected chi connectivity index (χ0v) is 25.6. The molecule has 0 rings (SSSR count). The van der Waals surface area contributed by atoms with Gasteiger partial charge in [0.05, 0.1) is 0 Å². The van der Waals surface area contributed by atoms with E-state index in [4.69, 9.17) is 58.8 Å². The Kier molecular flexibility index (Phi) is 47.0. The average molecular weight is 925 g/mol. The summed E-state index contributed by atoms with van der Waals surface area (Å²) in [5.74, 6) is 0. The van der Waals surface area contributed by atoms with Gasteiger partial charge in [-0.25, -0.2) is 0 Å². The monoisotopic (exact) mass is 925 g/mol. The van der Waals surface area contributed by atoms with Gasteiger partial charge >= 0.3 is 221 Å². The van der Waals surface area contributed by atoms with Crippen LogP contribution in [0.5, 0.6) is 0 Å². The van der Waals surface area contributed by atoms with Crippen LogP contribution >= 0.6 is 0 Å². The molecule has 0 atom stereocenters. The van der Waals surface area contributed by atoms with Crippen LogP contribution in [0.1, 0.15) is 0 Å². The Morgan fingerprint density at radius 1 is 0.545 bits per heavy atom. The van der Waals surface area contributed by atoms with Crippen molar-refractivity contribution in [3.05, 3.63) is 0 Å². The van der Waals surface area contributed by atoms with Crippen molar-refractivity contribution < 1.29 is 118 Å². The van der Waals surface area contributed by atoms with Crippen LogP contribution in [0, 0.1) is 0 Å². The molecule has 0 saturated heterocycles. The van der Waals surface area contributed by atoms with Crippen molar-refractivity contribution in [1.82, 2.24) is 0 Å². The zero-order chi connectivity index (χ0) is 17.1. The molecule has 0 aliphatic rings. The number of rotatable bonds is 0. The summed E-state index contributed by atoms with van der Waals surface area (Å²) in [4.78, 5) is 0. The SMILES string of the molecule is [BiH3].[BiH3].[KH].[O]=[Mn](=[O])([OH])[OH].[O]=[Mn](=[O])([OH])[OH].[O]=[Mn](=[O])([OH])[OH].[O]=[Ti]([OH])[OH]. The van der Waals surface area contributed by atoms with E-state index in [1.165, 1.54) is 0 Å². The molecule has 0 aromatic rings. The molecule has 0 spiro atoms. The van der Waals surface area contributed by atoms with Crippen LogP contribution in [0.4, 0.5) is 0 Å². The quantitative estimate of drug-likeness (QED) is 0.105. The second kappa shape index (κ2) is 23.0. The van der Waals surface area contributed by atoms with Crippen molar-refractivity contribution in [3.8, 4) is 0 Å². The van der Waals surface area contributed by atoms with E-state index in [1.54, 1.807) is 0 Å². The number of hydrogen-bond acceptors (Lipinski definition) is 7. The molecule has 0 fully saturated rings. The van der Waals surface area contributed by atoms with Crippen LogP contribution < -0.4 is 0 Å². The first-order valence-electron chi connectivity index (χ1n) is 2.59. The van der Waals surface area contributed by atoms with Crippen LogP contribution in [-0.2, 0) is 85.1 Å². The minimum atomic E-state index is -5.12. The first kappa shape index (κ1) is 45.0. The summed E-state index contributed by atoms with van der Waals surface area (Å²) >= 11 is -19.0. The van der Waals surface area contributed by atoms with E-state index >= 15 is 0 Å². The Hall–Kier alpha value is 3.96. The molecule has 0 unspecified atom stereocenters. The Morgan fingerprint density at radius 3 is 0.545 bits per heavy atom.